The van der Waals surface area contributed by atoms with Gasteiger partial charge in [-0.25, -0.2) is 0 Å². The molecule has 0 aliphatic heterocycles. The van der Waals surface area contributed by atoms with E-state index < -0.39 is 0 Å². The molecular formula is C10H22N2O. The zero-order chi connectivity index (χ0) is 10.1. The summed E-state index contributed by atoms with van der Waals surface area (Å²) >= 11 is 0. The standard InChI is InChI=1S/C10H22N2O/c1-4-5-6-7-9(2)12-10(13)8-11-3/h9,11H,4-8H2,1-3H3,(H,12,13). The van der Waals surface area contributed by atoms with Crippen molar-refractivity contribution in [1.29, 1.82) is 0 Å². The SMILES string of the molecule is CCCCCC(C)NC(=O)CNC. The maximum atomic E-state index is 11.1. The molecule has 3 nitrogen and oxygen atoms in total. The van der Waals surface area contributed by atoms with Crippen LogP contribution in [0.25, 0.3) is 0 Å². The van der Waals surface area contributed by atoms with Gasteiger partial charge >= 0.3 is 0 Å². The van der Waals surface area contributed by atoms with Gasteiger partial charge in [-0.15, -0.1) is 0 Å². The van der Waals surface area contributed by atoms with Crippen molar-refractivity contribution in [3.05, 3.63) is 0 Å². The van der Waals surface area contributed by atoms with E-state index in [2.05, 4.69) is 24.5 Å². The second-order valence-electron chi connectivity index (χ2n) is 3.49. The van der Waals surface area contributed by atoms with E-state index in [0.29, 0.717) is 12.6 Å². The number of amides is 1. The molecule has 0 aromatic heterocycles. The lowest BCUT2D eigenvalue weighted by atomic mass is 10.1. The first-order valence-electron chi connectivity index (χ1n) is 5.14. The van der Waals surface area contributed by atoms with E-state index in [1.54, 1.807) is 7.05 Å². The largest absolute Gasteiger partial charge is 0.353 e. The normalized spacial score (nSPS) is 12.5. The van der Waals surface area contributed by atoms with E-state index in [1.807, 2.05) is 0 Å². The minimum atomic E-state index is 0.0894. The van der Waals surface area contributed by atoms with Crippen LogP contribution in [0.5, 0.6) is 0 Å². The van der Waals surface area contributed by atoms with Crippen molar-refractivity contribution in [1.82, 2.24) is 10.6 Å². The van der Waals surface area contributed by atoms with Gasteiger partial charge in [-0.3, -0.25) is 4.79 Å². The van der Waals surface area contributed by atoms with Crippen LogP contribution >= 0.6 is 0 Å². The lowest BCUT2D eigenvalue weighted by molar-refractivity contribution is -0.120. The molecule has 1 unspecified atom stereocenters. The molecule has 13 heavy (non-hydrogen) atoms. The highest BCUT2D eigenvalue weighted by atomic mass is 16.1. The molecule has 0 spiro atoms. The molecule has 0 aliphatic carbocycles. The summed E-state index contributed by atoms with van der Waals surface area (Å²) in [4.78, 5) is 11.1. The molecular weight excluding hydrogens is 164 g/mol. The maximum absolute atomic E-state index is 11.1. The van der Waals surface area contributed by atoms with Gasteiger partial charge in [-0.2, -0.15) is 0 Å². The summed E-state index contributed by atoms with van der Waals surface area (Å²) in [7, 11) is 1.78. The fourth-order valence-electron chi connectivity index (χ4n) is 1.26. The summed E-state index contributed by atoms with van der Waals surface area (Å²) in [5.41, 5.74) is 0. The minimum Gasteiger partial charge on any atom is -0.353 e. The number of hydrogen-bond donors (Lipinski definition) is 2. The molecule has 0 aromatic carbocycles. The Morgan fingerprint density at radius 1 is 1.38 bits per heavy atom. The van der Waals surface area contributed by atoms with Crippen molar-refractivity contribution in [2.45, 2.75) is 45.6 Å². The molecule has 0 heterocycles. The van der Waals surface area contributed by atoms with E-state index in [1.165, 1.54) is 19.3 Å². The zero-order valence-electron chi connectivity index (χ0n) is 9.02. The third-order valence-corrected chi connectivity index (χ3v) is 1.99. The Bertz CT molecular complexity index is 137. The van der Waals surface area contributed by atoms with Crippen LogP contribution in [0.3, 0.4) is 0 Å². The van der Waals surface area contributed by atoms with Crippen molar-refractivity contribution in [3.63, 3.8) is 0 Å². The van der Waals surface area contributed by atoms with Gasteiger partial charge in [0.1, 0.15) is 0 Å². The first-order valence-corrected chi connectivity index (χ1v) is 5.14. The van der Waals surface area contributed by atoms with Crippen LogP contribution in [0.4, 0.5) is 0 Å². The number of likely N-dealkylation sites (N-methyl/N-ethyl adjacent to an activating group) is 1. The summed E-state index contributed by atoms with van der Waals surface area (Å²) in [6.45, 7) is 4.66. The van der Waals surface area contributed by atoms with Gasteiger partial charge in [-0.05, 0) is 20.4 Å². The van der Waals surface area contributed by atoms with Crippen LogP contribution in [-0.2, 0) is 4.79 Å². The number of carbonyl (C=O) groups excluding carboxylic acids is 1. The number of nitrogens with one attached hydrogen (secondary N) is 2. The van der Waals surface area contributed by atoms with Gasteiger partial charge in [-0.1, -0.05) is 26.2 Å². The molecule has 0 aliphatic rings. The Hall–Kier alpha value is -0.570. The number of carbonyl (C=O) groups is 1. The van der Waals surface area contributed by atoms with Gasteiger partial charge in [0.25, 0.3) is 0 Å². The summed E-state index contributed by atoms with van der Waals surface area (Å²) in [6.07, 6.45) is 4.78. The number of unbranched alkanes of at least 4 members (excludes halogenated alkanes) is 2. The Labute approximate surface area is 81.3 Å². The van der Waals surface area contributed by atoms with E-state index in [-0.39, 0.29) is 5.91 Å². The predicted molar refractivity (Wildman–Crippen MR) is 55.7 cm³/mol. The van der Waals surface area contributed by atoms with Crippen molar-refractivity contribution < 1.29 is 4.79 Å². The third kappa shape index (κ3) is 7.78. The van der Waals surface area contributed by atoms with Gasteiger partial charge < -0.3 is 10.6 Å². The first kappa shape index (κ1) is 12.4. The molecule has 0 saturated carbocycles. The summed E-state index contributed by atoms with van der Waals surface area (Å²) < 4.78 is 0. The molecule has 1 amide bonds. The van der Waals surface area contributed by atoms with E-state index in [4.69, 9.17) is 0 Å². The van der Waals surface area contributed by atoms with Gasteiger partial charge in [0, 0.05) is 6.04 Å². The average molecular weight is 186 g/mol. The predicted octanol–water partition coefficient (Wildman–Crippen LogP) is 1.29. The number of hydrogen-bond acceptors (Lipinski definition) is 2. The van der Waals surface area contributed by atoms with Crippen LogP contribution < -0.4 is 10.6 Å². The molecule has 0 rings (SSSR count). The van der Waals surface area contributed by atoms with Crippen molar-refractivity contribution in [2.24, 2.45) is 0 Å². The monoisotopic (exact) mass is 186 g/mol. The van der Waals surface area contributed by atoms with Gasteiger partial charge in [0.05, 0.1) is 6.54 Å². The Morgan fingerprint density at radius 2 is 2.08 bits per heavy atom. The van der Waals surface area contributed by atoms with Crippen LogP contribution in [-0.4, -0.2) is 25.5 Å². The second-order valence-corrected chi connectivity index (χ2v) is 3.49. The molecule has 0 fully saturated rings. The van der Waals surface area contributed by atoms with E-state index in [0.717, 1.165) is 6.42 Å². The molecule has 0 saturated heterocycles. The van der Waals surface area contributed by atoms with Gasteiger partial charge in [0.2, 0.25) is 5.91 Å². The molecule has 0 radical (unpaired) electrons. The highest BCUT2D eigenvalue weighted by Crippen LogP contribution is 2.02. The van der Waals surface area contributed by atoms with E-state index in [9.17, 15) is 4.79 Å². The lowest BCUT2D eigenvalue weighted by Crippen LogP contribution is -2.37. The second kappa shape index (κ2) is 8.05. The summed E-state index contributed by atoms with van der Waals surface area (Å²) in [5, 5.41) is 5.77. The highest BCUT2D eigenvalue weighted by Gasteiger charge is 2.04. The van der Waals surface area contributed by atoms with Crippen LogP contribution in [0, 0.1) is 0 Å². The highest BCUT2D eigenvalue weighted by molar-refractivity contribution is 5.78. The molecule has 78 valence electrons. The molecule has 3 heteroatoms. The molecule has 2 N–H and O–H groups in total. The van der Waals surface area contributed by atoms with Crippen LogP contribution in [0.2, 0.25) is 0 Å². The Morgan fingerprint density at radius 3 is 2.62 bits per heavy atom. The van der Waals surface area contributed by atoms with Crippen molar-refractivity contribution in [2.75, 3.05) is 13.6 Å². The fraction of sp³-hybridized carbons (Fsp3) is 0.900. The zero-order valence-corrected chi connectivity index (χ0v) is 9.02. The average Bonchev–Trinajstić information content (AvgIpc) is 2.05. The fourth-order valence-corrected chi connectivity index (χ4v) is 1.26. The van der Waals surface area contributed by atoms with Crippen LogP contribution in [0.15, 0.2) is 0 Å². The Kier molecular flexibility index (Phi) is 7.69. The van der Waals surface area contributed by atoms with Crippen molar-refractivity contribution >= 4 is 5.91 Å². The molecule has 0 aromatic rings. The van der Waals surface area contributed by atoms with Crippen molar-refractivity contribution in [3.8, 4) is 0 Å². The molecule has 1 atom stereocenters. The Balaban J connectivity index is 3.38. The summed E-state index contributed by atoms with van der Waals surface area (Å²) in [5.74, 6) is 0.0894. The van der Waals surface area contributed by atoms with Gasteiger partial charge in [0.15, 0.2) is 0 Å². The minimum absolute atomic E-state index is 0.0894. The molecule has 0 bridgehead atoms. The maximum Gasteiger partial charge on any atom is 0.234 e. The topological polar surface area (TPSA) is 41.1 Å². The van der Waals surface area contributed by atoms with Crippen LogP contribution in [0.1, 0.15) is 39.5 Å². The third-order valence-electron chi connectivity index (χ3n) is 1.99. The smallest absolute Gasteiger partial charge is 0.234 e. The summed E-state index contributed by atoms with van der Waals surface area (Å²) in [6, 6.07) is 0.312. The first-order chi connectivity index (χ1) is 6.20. The quantitative estimate of drug-likeness (QED) is 0.588. The number of rotatable bonds is 7. The lowest BCUT2D eigenvalue weighted by Gasteiger charge is -2.13. The van der Waals surface area contributed by atoms with E-state index >= 15 is 0 Å².